The Kier molecular flexibility index (Phi) is 5.61. The Bertz CT molecular complexity index is 1070. The second kappa shape index (κ2) is 7.82. The third-order valence-corrected chi connectivity index (χ3v) is 6.35. The van der Waals surface area contributed by atoms with Crippen LogP contribution >= 0.6 is 0 Å². The van der Waals surface area contributed by atoms with Crippen LogP contribution in [0, 0.1) is 24.0 Å². The number of hydrogen-bond donors (Lipinski definition) is 0. The summed E-state index contributed by atoms with van der Waals surface area (Å²) in [7, 11) is -3.68. The Hall–Kier alpha value is -2.94. The van der Waals surface area contributed by atoms with Crippen molar-refractivity contribution in [3.63, 3.8) is 0 Å². The molecular weight excluding hydrogens is 394 g/mol. The predicted octanol–water partition coefficient (Wildman–Crippen LogP) is 2.58. The lowest BCUT2D eigenvalue weighted by Gasteiger charge is -2.37. The molecule has 0 N–H and O–H groups in total. The van der Waals surface area contributed by atoms with Crippen molar-refractivity contribution in [2.45, 2.75) is 18.7 Å². The second-order valence-corrected chi connectivity index (χ2v) is 9.26. The van der Waals surface area contributed by atoms with Gasteiger partial charge in [0.15, 0.2) is 9.84 Å². The van der Waals surface area contributed by atoms with Crippen molar-refractivity contribution in [1.29, 1.82) is 0 Å². The molecule has 0 aromatic heterocycles. The minimum atomic E-state index is -3.68. The molecule has 9 heteroatoms. The highest BCUT2D eigenvalue weighted by Crippen LogP contribution is 2.25. The fraction of sp³-hybridized carbons (Fsp3) is 0.350. The van der Waals surface area contributed by atoms with E-state index < -0.39 is 26.4 Å². The van der Waals surface area contributed by atoms with Gasteiger partial charge in [0.25, 0.3) is 11.6 Å². The Labute approximate surface area is 169 Å². The lowest BCUT2D eigenvalue weighted by molar-refractivity contribution is -0.385. The number of piperazine rings is 1. The second-order valence-electron chi connectivity index (χ2n) is 7.24. The molecule has 29 heavy (non-hydrogen) atoms. The number of carbonyl (C=O) groups excluding carboxylic acids is 1. The van der Waals surface area contributed by atoms with Crippen molar-refractivity contribution < 1.29 is 18.1 Å². The largest absolute Gasteiger partial charge is 0.368 e. The topological polar surface area (TPSA) is 101 Å². The van der Waals surface area contributed by atoms with E-state index in [1.165, 1.54) is 17.2 Å². The molecule has 154 valence electrons. The summed E-state index contributed by atoms with van der Waals surface area (Å²) in [4.78, 5) is 27.0. The van der Waals surface area contributed by atoms with Gasteiger partial charge in [-0.1, -0.05) is 12.1 Å². The molecular formula is C20H23N3O5S. The summed E-state index contributed by atoms with van der Waals surface area (Å²) in [5.41, 5.74) is 3.13. The van der Waals surface area contributed by atoms with Gasteiger partial charge >= 0.3 is 0 Å². The average Bonchev–Trinajstić information content (AvgIpc) is 2.68. The number of anilines is 1. The molecule has 1 saturated heterocycles. The van der Waals surface area contributed by atoms with Crippen LogP contribution in [0.1, 0.15) is 21.5 Å². The number of aryl methyl sites for hydroxylation is 1. The first-order chi connectivity index (χ1) is 13.6. The highest BCUT2D eigenvalue weighted by Gasteiger charge is 2.26. The van der Waals surface area contributed by atoms with E-state index >= 15 is 0 Å². The van der Waals surface area contributed by atoms with Crippen molar-refractivity contribution in [2.24, 2.45) is 0 Å². The quantitative estimate of drug-likeness (QED) is 0.560. The Morgan fingerprint density at radius 2 is 1.72 bits per heavy atom. The summed E-state index contributed by atoms with van der Waals surface area (Å²) in [5, 5.41) is 11.2. The first kappa shape index (κ1) is 20.8. The van der Waals surface area contributed by atoms with E-state index in [0.717, 1.165) is 24.1 Å². The first-order valence-corrected chi connectivity index (χ1v) is 11.1. The number of non-ortho nitro benzene ring substituents is 1. The number of amides is 1. The summed E-state index contributed by atoms with van der Waals surface area (Å²) in [6.07, 6.45) is 0.962. The van der Waals surface area contributed by atoms with Gasteiger partial charge in [0, 0.05) is 55.8 Å². The van der Waals surface area contributed by atoms with Gasteiger partial charge in [0.1, 0.15) is 0 Å². The number of carbonyl (C=O) groups is 1. The zero-order valence-corrected chi connectivity index (χ0v) is 17.4. The molecule has 1 amide bonds. The summed E-state index contributed by atoms with van der Waals surface area (Å²) < 4.78 is 23.7. The van der Waals surface area contributed by atoms with Crippen LogP contribution in [0.5, 0.6) is 0 Å². The molecule has 0 aliphatic carbocycles. The SMILES string of the molecule is Cc1cccc(N2CCN(C(=O)c3cc([N+](=O)[O-])cc(S(C)(=O)=O)c3)CC2)c1C. The molecule has 1 aliphatic rings. The minimum Gasteiger partial charge on any atom is -0.368 e. The van der Waals surface area contributed by atoms with Gasteiger partial charge in [-0.05, 0) is 37.1 Å². The Morgan fingerprint density at radius 1 is 1.07 bits per heavy atom. The highest BCUT2D eigenvalue weighted by atomic mass is 32.2. The molecule has 0 atom stereocenters. The van der Waals surface area contributed by atoms with E-state index in [1.807, 2.05) is 6.07 Å². The van der Waals surface area contributed by atoms with Gasteiger partial charge in [-0.15, -0.1) is 0 Å². The lowest BCUT2D eigenvalue weighted by Crippen LogP contribution is -2.49. The Balaban J connectivity index is 1.81. The maximum Gasteiger partial charge on any atom is 0.271 e. The van der Waals surface area contributed by atoms with Gasteiger partial charge in [0.2, 0.25) is 0 Å². The summed E-state index contributed by atoms with van der Waals surface area (Å²) in [5.74, 6) is -0.404. The van der Waals surface area contributed by atoms with E-state index in [0.29, 0.717) is 26.2 Å². The molecule has 2 aromatic rings. The fourth-order valence-corrected chi connectivity index (χ4v) is 4.11. The fourth-order valence-electron chi connectivity index (χ4n) is 3.44. The van der Waals surface area contributed by atoms with Gasteiger partial charge in [-0.2, -0.15) is 0 Å². The van der Waals surface area contributed by atoms with Gasteiger partial charge < -0.3 is 9.80 Å². The number of hydrogen-bond acceptors (Lipinski definition) is 6. The highest BCUT2D eigenvalue weighted by molar-refractivity contribution is 7.90. The van der Waals surface area contributed by atoms with E-state index in [-0.39, 0.29) is 10.5 Å². The van der Waals surface area contributed by atoms with Gasteiger partial charge in [-0.25, -0.2) is 8.42 Å². The smallest absolute Gasteiger partial charge is 0.271 e. The van der Waals surface area contributed by atoms with E-state index in [2.05, 4.69) is 30.9 Å². The van der Waals surface area contributed by atoms with Crippen molar-refractivity contribution in [2.75, 3.05) is 37.3 Å². The number of nitro benzene ring substituents is 1. The minimum absolute atomic E-state index is 0.0137. The van der Waals surface area contributed by atoms with E-state index in [4.69, 9.17) is 0 Å². The molecule has 1 heterocycles. The number of rotatable bonds is 4. The van der Waals surface area contributed by atoms with Crippen LogP contribution < -0.4 is 4.90 Å². The van der Waals surface area contributed by atoms with Crippen LogP contribution in [0.15, 0.2) is 41.3 Å². The van der Waals surface area contributed by atoms with Crippen molar-refractivity contribution in [3.05, 3.63) is 63.2 Å². The van der Waals surface area contributed by atoms with Crippen LogP contribution in [0.2, 0.25) is 0 Å². The van der Waals surface area contributed by atoms with E-state index in [1.54, 1.807) is 4.90 Å². The zero-order chi connectivity index (χ0) is 21.3. The van der Waals surface area contributed by atoms with Crippen LogP contribution in [0.25, 0.3) is 0 Å². The summed E-state index contributed by atoms with van der Waals surface area (Å²) >= 11 is 0. The molecule has 3 rings (SSSR count). The van der Waals surface area contributed by atoms with Crippen molar-refractivity contribution >= 4 is 27.1 Å². The van der Waals surface area contributed by atoms with Crippen molar-refractivity contribution in [1.82, 2.24) is 4.90 Å². The van der Waals surface area contributed by atoms with Crippen LogP contribution in [-0.4, -0.2) is 56.6 Å². The number of sulfone groups is 1. The summed E-state index contributed by atoms with van der Waals surface area (Å²) in [6, 6.07) is 9.43. The molecule has 0 bridgehead atoms. The van der Waals surface area contributed by atoms with Gasteiger partial charge in [0.05, 0.1) is 9.82 Å². The van der Waals surface area contributed by atoms with E-state index in [9.17, 15) is 23.3 Å². The maximum absolute atomic E-state index is 12.9. The summed E-state index contributed by atoms with van der Waals surface area (Å²) in [6.45, 7) is 6.28. The molecule has 0 spiro atoms. The van der Waals surface area contributed by atoms with Crippen LogP contribution in [0.3, 0.4) is 0 Å². The zero-order valence-electron chi connectivity index (χ0n) is 16.6. The lowest BCUT2D eigenvalue weighted by atomic mass is 10.1. The average molecular weight is 417 g/mol. The molecule has 0 unspecified atom stereocenters. The number of nitrogens with zero attached hydrogens (tertiary/aromatic N) is 3. The number of benzene rings is 2. The standard InChI is InChI=1S/C20H23N3O5S/c1-14-5-4-6-19(15(14)2)21-7-9-22(10-8-21)20(24)16-11-17(23(25)26)13-18(12-16)29(3,27)28/h4-6,11-13H,7-10H2,1-3H3. The molecule has 0 saturated carbocycles. The molecule has 1 aliphatic heterocycles. The third-order valence-electron chi connectivity index (χ3n) is 5.26. The Morgan fingerprint density at radius 3 is 2.31 bits per heavy atom. The molecule has 0 radical (unpaired) electrons. The van der Waals surface area contributed by atoms with Gasteiger partial charge in [-0.3, -0.25) is 14.9 Å². The molecule has 8 nitrogen and oxygen atoms in total. The van der Waals surface area contributed by atoms with Crippen molar-refractivity contribution in [3.8, 4) is 0 Å². The van der Waals surface area contributed by atoms with Crippen LogP contribution in [-0.2, 0) is 9.84 Å². The predicted molar refractivity (Wildman–Crippen MR) is 110 cm³/mol. The molecule has 1 fully saturated rings. The third kappa shape index (κ3) is 4.40. The first-order valence-electron chi connectivity index (χ1n) is 9.18. The van der Waals surface area contributed by atoms with Crippen LogP contribution in [0.4, 0.5) is 11.4 Å². The number of nitro groups is 1. The maximum atomic E-state index is 12.9. The monoisotopic (exact) mass is 417 g/mol. The normalized spacial score (nSPS) is 14.7. The molecule has 2 aromatic carbocycles.